The molecule has 9 aromatic rings. The van der Waals surface area contributed by atoms with Crippen LogP contribution < -0.4 is 9.47 Å². The lowest BCUT2D eigenvalue weighted by atomic mass is 9.82. The molecule has 1 aliphatic carbocycles. The molecule has 5 heteroatoms. The normalized spacial score (nSPS) is 13.3. The molecular weight excluding hydrogens is 675 g/mol. The first-order valence-corrected chi connectivity index (χ1v) is 18.6. The Balaban J connectivity index is 1.07. The zero-order chi connectivity index (χ0) is 36.7. The number of benzene rings is 8. The molecule has 0 saturated carbocycles. The second kappa shape index (κ2) is 12.0. The lowest BCUT2D eigenvalue weighted by Gasteiger charge is -2.26. The molecule has 5 nitrogen and oxygen atoms in total. The highest BCUT2D eigenvalue weighted by molar-refractivity contribution is 6.08. The maximum atomic E-state index is 7.03. The first kappa shape index (κ1) is 31.4. The molecule has 0 saturated heterocycles. The standard InChI is InChI=1S/C50H33N3O2/c1-50(2)40-21-11-10-19-39(40)44-41(50)27-28-43-46(44)55-45-37(20-12-22-42(45)54-43)36-17-8-9-18-38(36)49-52-47(31-14-4-3-5-15-31)51-48(53-49)33-25-26-35-32(29-33)24-23-30-13-6-7-16-34(30)35/h3-29H,1-2H3. The molecule has 0 spiro atoms. The van der Waals surface area contributed by atoms with Crippen molar-refractivity contribution < 1.29 is 9.47 Å². The van der Waals surface area contributed by atoms with E-state index in [4.69, 9.17) is 24.4 Å². The van der Waals surface area contributed by atoms with Crippen LogP contribution in [0.25, 0.3) is 78.0 Å². The molecule has 260 valence electrons. The van der Waals surface area contributed by atoms with E-state index in [0.717, 1.165) is 44.5 Å². The van der Waals surface area contributed by atoms with Gasteiger partial charge in [0.15, 0.2) is 40.5 Å². The summed E-state index contributed by atoms with van der Waals surface area (Å²) in [6, 6.07) is 56.5. The van der Waals surface area contributed by atoms with E-state index in [2.05, 4.69) is 117 Å². The second-order valence-corrected chi connectivity index (χ2v) is 14.8. The van der Waals surface area contributed by atoms with Gasteiger partial charge in [-0.05, 0) is 62.0 Å². The highest BCUT2D eigenvalue weighted by Crippen LogP contribution is 2.59. The highest BCUT2D eigenvalue weighted by atomic mass is 16.6. The Morgan fingerprint density at radius 1 is 0.400 bits per heavy atom. The minimum atomic E-state index is -0.164. The molecule has 8 aromatic carbocycles. The summed E-state index contributed by atoms with van der Waals surface area (Å²) in [5.74, 6) is 4.56. The molecule has 55 heavy (non-hydrogen) atoms. The van der Waals surface area contributed by atoms with E-state index in [1.807, 2.05) is 60.7 Å². The minimum Gasteiger partial charge on any atom is -0.449 e. The van der Waals surface area contributed by atoms with Crippen LogP contribution >= 0.6 is 0 Å². The monoisotopic (exact) mass is 707 g/mol. The molecule has 2 heterocycles. The van der Waals surface area contributed by atoms with Crippen LogP contribution in [0.15, 0.2) is 164 Å². The number of fused-ring (bicyclic) bond motifs is 9. The van der Waals surface area contributed by atoms with Gasteiger partial charge in [0.1, 0.15) is 0 Å². The molecule has 0 radical (unpaired) electrons. The fraction of sp³-hybridized carbons (Fsp3) is 0.0600. The van der Waals surface area contributed by atoms with Gasteiger partial charge in [-0.25, -0.2) is 15.0 Å². The van der Waals surface area contributed by atoms with Gasteiger partial charge in [-0.15, -0.1) is 0 Å². The van der Waals surface area contributed by atoms with Crippen molar-refractivity contribution in [1.29, 1.82) is 0 Å². The first-order valence-electron chi connectivity index (χ1n) is 18.6. The Labute approximate surface area is 318 Å². The largest absolute Gasteiger partial charge is 0.449 e. The summed E-state index contributed by atoms with van der Waals surface area (Å²) in [7, 11) is 0. The van der Waals surface area contributed by atoms with Crippen LogP contribution in [-0.4, -0.2) is 15.0 Å². The number of para-hydroxylation sites is 1. The fourth-order valence-corrected chi connectivity index (χ4v) is 8.47. The van der Waals surface area contributed by atoms with E-state index >= 15 is 0 Å². The van der Waals surface area contributed by atoms with Gasteiger partial charge in [-0.2, -0.15) is 0 Å². The van der Waals surface area contributed by atoms with Gasteiger partial charge in [0.05, 0.1) is 0 Å². The SMILES string of the molecule is CC1(C)c2ccccc2-c2c1ccc1c2Oc2c(cccc2-c2ccccc2-c2nc(-c3ccccc3)nc(-c3ccc4c(ccc5ccccc54)c3)n2)O1. The van der Waals surface area contributed by atoms with Crippen LogP contribution in [0.4, 0.5) is 0 Å². The van der Waals surface area contributed by atoms with Crippen LogP contribution in [0, 0.1) is 0 Å². The number of ether oxygens (including phenoxy) is 2. The van der Waals surface area contributed by atoms with Gasteiger partial charge in [-0.1, -0.05) is 159 Å². The Hall–Kier alpha value is -7.11. The number of aromatic nitrogens is 3. The van der Waals surface area contributed by atoms with Crippen molar-refractivity contribution in [1.82, 2.24) is 15.0 Å². The van der Waals surface area contributed by atoms with Crippen LogP contribution in [-0.2, 0) is 5.41 Å². The van der Waals surface area contributed by atoms with Crippen molar-refractivity contribution in [3.05, 3.63) is 175 Å². The Morgan fingerprint density at radius 2 is 1.05 bits per heavy atom. The fourth-order valence-electron chi connectivity index (χ4n) is 8.47. The van der Waals surface area contributed by atoms with Gasteiger partial charge in [0.2, 0.25) is 0 Å². The molecule has 0 N–H and O–H groups in total. The number of nitrogens with zero attached hydrogens (tertiary/aromatic N) is 3. The molecule has 1 aromatic heterocycles. The summed E-state index contributed by atoms with van der Waals surface area (Å²) in [5, 5.41) is 4.76. The molecule has 0 bridgehead atoms. The first-order chi connectivity index (χ1) is 27.0. The van der Waals surface area contributed by atoms with E-state index in [1.54, 1.807) is 0 Å². The highest BCUT2D eigenvalue weighted by Gasteiger charge is 2.40. The third kappa shape index (κ3) is 4.90. The molecule has 1 aliphatic heterocycles. The third-order valence-electron chi connectivity index (χ3n) is 11.2. The molecule has 2 aliphatic rings. The maximum Gasteiger partial charge on any atom is 0.178 e. The van der Waals surface area contributed by atoms with Crippen LogP contribution in [0.1, 0.15) is 25.0 Å². The van der Waals surface area contributed by atoms with Crippen molar-refractivity contribution >= 4 is 21.5 Å². The summed E-state index contributed by atoms with van der Waals surface area (Å²) in [4.78, 5) is 15.4. The van der Waals surface area contributed by atoms with Crippen molar-refractivity contribution in [3.63, 3.8) is 0 Å². The van der Waals surface area contributed by atoms with Crippen molar-refractivity contribution in [2.45, 2.75) is 19.3 Å². The number of hydrogen-bond acceptors (Lipinski definition) is 5. The lowest BCUT2D eigenvalue weighted by molar-refractivity contribution is 0.361. The summed E-state index contributed by atoms with van der Waals surface area (Å²) < 4.78 is 13.7. The van der Waals surface area contributed by atoms with Gasteiger partial charge in [-0.3, -0.25) is 0 Å². The number of rotatable bonds is 4. The topological polar surface area (TPSA) is 57.1 Å². The lowest BCUT2D eigenvalue weighted by Crippen LogP contribution is -2.15. The zero-order valence-corrected chi connectivity index (χ0v) is 30.2. The van der Waals surface area contributed by atoms with Gasteiger partial charge >= 0.3 is 0 Å². The molecule has 11 rings (SSSR count). The summed E-state index contributed by atoms with van der Waals surface area (Å²) in [6.07, 6.45) is 0. The zero-order valence-electron chi connectivity index (χ0n) is 30.2. The van der Waals surface area contributed by atoms with Crippen molar-refractivity contribution in [2.24, 2.45) is 0 Å². The molecule has 0 amide bonds. The van der Waals surface area contributed by atoms with E-state index in [1.165, 1.54) is 32.8 Å². The quantitative estimate of drug-likeness (QED) is 0.170. The predicted octanol–water partition coefficient (Wildman–Crippen LogP) is 13.1. The van der Waals surface area contributed by atoms with Crippen molar-refractivity contribution in [2.75, 3.05) is 0 Å². The van der Waals surface area contributed by atoms with E-state index in [0.29, 0.717) is 34.7 Å². The van der Waals surface area contributed by atoms with Gasteiger partial charge < -0.3 is 9.47 Å². The number of hydrogen-bond donors (Lipinski definition) is 0. The Kier molecular flexibility index (Phi) is 6.83. The smallest absolute Gasteiger partial charge is 0.178 e. The average Bonchev–Trinajstić information content (AvgIpc) is 3.48. The Bertz CT molecular complexity index is 3020. The Morgan fingerprint density at radius 3 is 1.93 bits per heavy atom. The predicted molar refractivity (Wildman–Crippen MR) is 221 cm³/mol. The van der Waals surface area contributed by atoms with Crippen LogP contribution in [0.2, 0.25) is 0 Å². The molecular formula is C50H33N3O2. The summed E-state index contributed by atoms with van der Waals surface area (Å²) in [6.45, 7) is 4.55. The van der Waals surface area contributed by atoms with Crippen molar-refractivity contribution in [3.8, 4) is 79.4 Å². The van der Waals surface area contributed by atoms with Gasteiger partial charge in [0, 0.05) is 33.2 Å². The summed E-state index contributed by atoms with van der Waals surface area (Å²) in [5.41, 5.74) is 9.13. The average molecular weight is 708 g/mol. The van der Waals surface area contributed by atoms with Crippen LogP contribution in [0.5, 0.6) is 23.0 Å². The second-order valence-electron chi connectivity index (χ2n) is 14.8. The van der Waals surface area contributed by atoms with Crippen LogP contribution in [0.3, 0.4) is 0 Å². The van der Waals surface area contributed by atoms with E-state index in [9.17, 15) is 0 Å². The molecule has 0 atom stereocenters. The van der Waals surface area contributed by atoms with E-state index < -0.39 is 0 Å². The molecule has 0 unspecified atom stereocenters. The van der Waals surface area contributed by atoms with E-state index in [-0.39, 0.29) is 5.41 Å². The molecule has 0 fully saturated rings. The third-order valence-corrected chi connectivity index (χ3v) is 11.2. The van der Waals surface area contributed by atoms with Gasteiger partial charge in [0.25, 0.3) is 0 Å². The minimum absolute atomic E-state index is 0.164. The maximum absolute atomic E-state index is 7.03. The summed E-state index contributed by atoms with van der Waals surface area (Å²) >= 11 is 0.